The molecular formula is C20H26ClN3O. The van der Waals surface area contributed by atoms with Crippen LogP contribution in [0.25, 0.3) is 0 Å². The van der Waals surface area contributed by atoms with Crippen molar-refractivity contribution in [3.63, 3.8) is 0 Å². The van der Waals surface area contributed by atoms with E-state index in [-0.39, 0.29) is 5.91 Å². The first-order valence-corrected chi connectivity index (χ1v) is 9.06. The molecule has 4 nitrogen and oxygen atoms in total. The highest BCUT2D eigenvalue weighted by Crippen LogP contribution is 2.22. The van der Waals surface area contributed by atoms with Crippen LogP contribution in [0.3, 0.4) is 0 Å². The van der Waals surface area contributed by atoms with Crippen molar-refractivity contribution in [3.8, 4) is 0 Å². The van der Waals surface area contributed by atoms with Crippen LogP contribution in [0.2, 0.25) is 5.02 Å². The molecule has 0 heterocycles. The summed E-state index contributed by atoms with van der Waals surface area (Å²) in [7, 11) is 0. The van der Waals surface area contributed by atoms with Crippen molar-refractivity contribution in [1.82, 2.24) is 0 Å². The Balaban J connectivity index is 1.86. The van der Waals surface area contributed by atoms with Gasteiger partial charge in [-0.15, -0.1) is 0 Å². The maximum atomic E-state index is 12.0. The van der Waals surface area contributed by atoms with Crippen molar-refractivity contribution >= 4 is 34.6 Å². The summed E-state index contributed by atoms with van der Waals surface area (Å²) < 4.78 is 0. The lowest BCUT2D eigenvalue weighted by molar-refractivity contribution is -0.115. The normalized spacial score (nSPS) is 10.4. The Hall–Kier alpha value is -2.20. The molecule has 5 heteroatoms. The predicted octanol–water partition coefficient (Wildman–Crippen LogP) is 4.94. The predicted molar refractivity (Wildman–Crippen MR) is 108 cm³/mol. The summed E-state index contributed by atoms with van der Waals surface area (Å²) in [6.07, 6.45) is 0.393. The number of hydrogen-bond donors (Lipinski definition) is 2. The number of nitrogens with one attached hydrogen (secondary N) is 2. The highest BCUT2D eigenvalue weighted by molar-refractivity contribution is 6.30. The van der Waals surface area contributed by atoms with E-state index in [0.717, 1.165) is 24.5 Å². The van der Waals surface area contributed by atoms with Gasteiger partial charge >= 0.3 is 0 Å². The van der Waals surface area contributed by atoms with Crippen molar-refractivity contribution < 1.29 is 4.79 Å². The Morgan fingerprint density at radius 2 is 1.88 bits per heavy atom. The zero-order valence-electron chi connectivity index (χ0n) is 15.1. The molecule has 1 amide bonds. The van der Waals surface area contributed by atoms with Crippen LogP contribution < -0.4 is 15.5 Å². The van der Waals surface area contributed by atoms with Gasteiger partial charge in [-0.3, -0.25) is 4.79 Å². The number of carbonyl (C=O) groups excluding carboxylic acids is 1. The van der Waals surface area contributed by atoms with Crippen molar-refractivity contribution in [2.24, 2.45) is 0 Å². The van der Waals surface area contributed by atoms with Gasteiger partial charge in [0.2, 0.25) is 5.91 Å². The SMILES string of the molecule is CCN(CC)c1ccc(NCCC(=O)Nc2cccc(Cl)c2)c(C)c1. The van der Waals surface area contributed by atoms with E-state index in [9.17, 15) is 4.79 Å². The highest BCUT2D eigenvalue weighted by Gasteiger charge is 2.06. The second-order valence-corrected chi connectivity index (χ2v) is 6.34. The maximum absolute atomic E-state index is 12.0. The summed E-state index contributed by atoms with van der Waals surface area (Å²) in [6.45, 7) is 8.96. The van der Waals surface area contributed by atoms with Crippen molar-refractivity contribution in [2.45, 2.75) is 27.2 Å². The lowest BCUT2D eigenvalue weighted by atomic mass is 10.1. The van der Waals surface area contributed by atoms with Crippen molar-refractivity contribution in [2.75, 3.05) is 35.2 Å². The number of anilines is 3. The minimum Gasteiger partial charge on any atom is -0.384 e. The number of rotatable bonds is 8. The van der Waals surface area contributed by atoms with Gasteiger partial charge in [-0.2, -0.15) is 0 Å². The van der Waals surface area contributed by atoms with Crippen LogP contribution in [-0.4, -0.2) is 25.5 Å². The zero-order chi connectivity index (χ0) is 18.2. The van der Waals surface area contributed by atoms with Gasteiger partial charge in [0.15, 0.2) is 0 Å². The standard InChI is InChI=1S/C20H26ClN3O/c1-4-24(5-2)18-9-10-19(15(3)13-18)22-12-11-20(25)23-17-8-6-7-16(21)14-17/h6-10,13-14,22H,4-5,11-12H2,1-3H3,(H,23,25). The van der Waals surface area contributed by atoms with Gasteiger partial charge in [0, 0.05) is 48.1 Å². The van der Waals surface area contributed by atoms with Crippen molar-refractivity contribution in [1.29, 1.82) is 0 Å². The molecule has 0 aromatic heterocycles. The molecule has 0 atom stereocenters. The Bertz CT molecular complexity index is 714. The number of aryl methyl sites for hydroxylation is 1. The number of benzene rings is 2. The third kappa shape index (κ3) is 5.68. The third-order valence-electron chi connectivity index (χ3n) is 4.11. The number of halogens is 1. The fraction of sp³-hybridized carbons (Fsp3) is 0.350. The maximum Gasteiger partial charge on any atom is 0.226 e. The van der Waals surface area contributed by atoms with Gasteiger partial charge in [-0.1, -0.05) is 17.7 Å². The molecule has 0 saturated heterocycles. The van der Waals surface area contributed by atoms with Crippen LogP contribution in [0, 0.1) is 6.92 Å². The van der Waals surface area contributed by atoms with Crippen LogP contribution >= 0.6 is 11.6 Å². The van der Waals surface area contributed by atoms with E-state index < -0.39 is 0 Å². The Morgan fingerprint density at radius 3 is 2.52 bits per heavy atom. The van der Waals surface area contributed by atoms with Crippen LogP contribution in [0.5, 0.6) is 0 Å². The summed E-state index contributed by atoms with van der Waals surface area (Å²) >= 11 is 5.92. The molecule has 0 aliphatic carbocycles. The van der Waals surface area contributed by atoms with E-state index in [0.29, 0.717) is 18.0 Å². The van der Waals surface area contributed by atoms with Crippen LogP contribution in [0.1, 0.15) is 25.8 Å². The van der Waals surface area contributed by atoms with Crippen LogP contribution in [-0.2, 0) is 4.79 Å². The number of hydrogen-bond acceptors (Lipinski definition) is 3. The smallest absolute Gasteiger partial charge is 0.226 e. The van der Waals surface area contributed by atoms with E-state index in [4.69, 9.17) is 11.6 Å². The average molecular weight is 360 g/mol. The molecule has 0 aliphatic rings. The van der Waals surface area contributed by atoms with E-state index in [1.165, 1.54) is 11.3 Å². The topological polar surface area (TPSA) is 44.4 Å². The summed E-state index contributed by atoms with van der Waals surface area (Å²) in [4.78, 5) is 14.3. The molecule has 2 aromatic carbocycles. The fourth-order valence-electron chi connectivity index (χ4n) is 2.73. The van der Waals surface area contributed by atoms with E-state index in [1.807, 2.05) is 12.1 Å². The molecule has 0 unspecified atom stereocenters. The Labute approximate surface area is 155 Å². The molecule has 134 valence electrons. The number of amides is 1. The van der Waals surface area contributed by atoms with Gasteiger partial charge in [0.1, 0.15) is 0 Å². The van der Waals surface area contributed by atoms with E-state index >= 15 is 0 Å². The number of carbonyl (C=O) groups is 1. The largest absolute Gasteiger partial charge is 0.384 e. The quantitative estimate of drug-likeness (QED) is 0.702. The fourth-order valence-corrected chi connectivity index (χ4v) is 2.92. The Kier molecular flexibility index (Phi) is 7.14. The second-order valence-electron chi connectivity index (χ2n) is 5.91. The van der Waals surface area contributed by atoms with Gasteiger partial charge < -0.3 is 15.5 Å². The molecule has 2 N–H and O–H groups in total. The molecule has 0 spiro atoms. The molecule has 2 aromatic rings. The summed E-state index contributed by atoms with van der Waals surface area (Å²) in [5.74, 6) is -0.0350. The molecule has 0 fully saturated rings. The summed E-state index contributed by atoms with van der Waals surface area (Å²) in [5, 5.41) is 6.80. The minimum atomic E-state index is -0.0350. The van der Waals surface area contributed by atoms with E-state index in [2.05, 4.69) is 54.5 Å². The molecular weight excluding hydrogens is 334 g/mol. The highest BCUT2D eigenvalue weighted by atomic mass is 35.5. The van der Waals surface area contributed by atoms with E-state index in [1.54, 1.807) is 12.1 Å². The third-order valence-corrected chi connectivity index (χ3v) is 4.35. The molecule has 0 aliphatic heterocycles. The van der Waals surface area contributed by atoms with Gasteiger partial charge in [0.25, 0.3) is 0 Å². The zero-order valence-corrected chi connectivity index (χ0v) is 15.9. The Morgan fingerprint density at radius 1 is 1.12 bits per heavy atom. The second kappa shape index (κ2) is 9.33. The molecule has 0 radical (unpaired) electrons. The average Bonchev–Trinajstić information content (AvgIpc) is 2.58. The lowest BCUT2D eigenvalue weighted by Gasteiger charge is -2.22. The first kappa shape index (κ1) is 19.1. The van der Waals surface area contributed by atoms with Crippen molar-refractivity contribution in [3.05, 3.63) is 53.1 Å². The monoisotopic (exact) mass is 359 g/mol. The van der Waals surface area contributed by atoms with Gasteiger partial charge in [-0.25, -0.2) is 0 Å². The number of nitrogens with zero attached hydrogens (tertiary/aromatic N) is 1. The molecule has 25 heavy (non-hydrogen) atoms. The molecule has 2 rings (SSSR count). The minimum absolute atomic E-state index is 0.0350. The molecule has 0 saturated carbocycles. The van der Waals surface area contributed by atoms with Crippen LogP contribution in [0.15, 0.2) is 42.5 Å². The molecule has 0 bridgehead atoms. The summed E-state index contributed by atoms with van der Waals surface area (Å²) in [5.41, 5.74) is 4.19. The van der Waals surface area contributed by atoms with Crippen LogP contribution in [0.4, 0.5) is 17.1 Å². The first-order chi connectivity index (χ1) is 12.0. The van der Waals surface area contributed by atoms with Gasteiger partial charge in [-0.05, 0) is 62.7 Å². The summed E-state index contributed by atoms with van der Waals surface area (Å²) in [6, 6.07) is 13.5. The van der Waals surface area contributed by atoms with Gasteiger partial charge in [0.05, 0.1) is 0 Å². The first-order valence-electron chi connectivity index (χ1n) is 8.68. The lowest BCUT2D eigenvalue weighted by Crippen LogP contribution is -2.22.